The van der Waals surface area contributed by atoms with Crippen LogP contribution in [0.5, 0.6) is 0 Å². The van der Waals surface area contributed by atoms with Gasteiger partial charge in [0.15, 0.2) is 0 Å². The smallest absolute Gasteiger partial charge is 0.311 e. The van der Waals surface area contributed by atoms with Crippen LogP contribution >= 0.6 is 0 Å². The lowest BCUT2D eigenvalue weighted by Crippen LogP contribution is -2.44. The van der Waals surface area contributed by atoms with E-state index in [2.05, 4.69) is 11.8 Å². The summed E-state index contributed by atoms with van der Waals surface area (Å²) in [6.07, 6.45) is 3.63. The Morgan fingerprint density at radius 3 is 2.42 bits per heavy atom. The van der Waals surface area contributed by atoms with Crippen LogP contribution in [0.3, 0.4) is 0 Å². The molecule has 0 bridgehead atoms. The zero-order valence-corrected chi connectivity index (χ0v) is 11.8. The van der Waals surface area contributed by atoms with Crippen molar-refractivity contribution in [1.29, 1.82) is 0 Å². The SMILES string of the molecule is CC1CCC(CN(C)c2ccccc2)(C(=O)O)CC1. The molecule has 1 N–H and O–H groups in total. The Kier molecular flexibility index (Phi) is 4.13. The first kappa shape index (κ1) is 13.9. The summed E-state index contributed by atoms with van der Waals surface area (Å²) in [6, 6.07) is 10.0. The lowest BCUT2D eigenvalue weighted by molar-refractivity contribution is -0.150. The van der Waals surface area contributed by atoms with Gasteiger partial charge in [0.1, 0.15) is 0 Å². The minimum absolute atomic E-state index is 0.572. The fourth-order valence-corrected chi connectivity index (χ4v) is 2.98. The van der Waals surface area contributed by atoms with Gasteiger partial charge in [-0.25, -0.2) is 0 Å². The molecule has 0 spiro atoms. The van der Waals surface area contributed by atoms with E-state index in [1.165, 1.54) is 0 Å². The van der Waals surface area contributed by atoms with Gasteiger partial charge in [-0.15, -0.1) is 0 Å². The summed E-state index contributed by atoms with van der Waals surface area (Å²) in [4.78, 5) is 13.8. The Morgan fingerprint density at radius 2 is 1.89 bits per heavy atom. The molecule has 1 aromatic rings. The number of carboxylic acids is 1. The van der Waals surface area contributed by atoms with Gasteiger partial charge in [-0.1, -0.05) is 25.1 Å². The van der Waals surface area contributed by atoms with Gasteiger partial charge < -0.3 is 10.0 Å². The standard InChI is InChI=1S/C16H23NO2/c1-13-8-10-16(11-9-13,15(18)19)12-17(2)14-6-4-3-5-7-14/h3-7,13H,8-12H2,1-2H3,(H,18,19). The van der Waals surface area contributed by atoms with Gasteiger partial charge in [-0.2, -0.15) is 0 Å². The lowest BCUT2D eigenvalue weighted by Gasteiger charge is -2.39. The van der Waals surface area contributed by atoms with E-state index in [-0.39, 0.29) is 0 Å². The van der Waals surface area contributed by atoms with Crippen molar-refractivity contribution in [2.75, 3.05) is 18.5 Å². The van der Waals surface area contributed by atoms with Crippen LogP contribution in [0.15, 0.2) is 30.3 Å². The second-order valence-corrected chi connectivity index (χ2v) is 5.96. The zero-order chi connectivity index (χ0) is 13.9. The Morgan fingerprint density at radius 1 is 1.32 bits per heavy atom. The summed E-state index contributed by atoms with van der Waals surface area (Å²) in [5, 5.41) is 9.64. The van der Waals surface area contributed by atoms with Gasteiger partial charge in [-0.3, -0.25) is 4.79 Å². The molecule has 0 atom stereocenters. The number of carbonyl (C=O) groups is 1. The maximum atomic E-state index is 11.7. The Labute approximate surface area is 115 Å². The normalized spacial score (nSPS) is 26.9. The molecule has 1 aliphatic rings. The number of nitrogens with zero attached hydrogens (tertiary/aromatic N) is 1. The van der Waals surface area contributed by atoms with Crippen molar-refractivity contribution in [3.05, 3.63) is 30.3 Å². The monoisotopic (exact) mass is 261 g/mol. The highest BCUT2D eigenvalue weighted by molar-refractivity contribution is 5.75. The third kappa shape index (κ3) is 3.09. The Balaban J connectivity index is 2.11. The van der Waals surface area contributed by atoms with Crippen LogP contribution in [0.1, 0.15) is 32.6 Å². The molecule has 104 valence electrons. The summed E-state index contributed by atoms with van der Waals surface area (Å²) in [6.45, 7) is 2.81. The van der Waals surface area contributed by atoms with Crippen molar-refractivity contribution in [2.45, 2.75) is 32.6 Å². The molecule has 0 aromatic heterocycles. The third-order valence-electron chi connectivity index (χ3n) is 4.42. The molecule has 1 aliphatic carbocycles. The molecular formula is C16H23NO2. The molecule has 0 aliphatic heterocycles. The van der Waals surface area contributed by atoms with E-state index in [1.807, 2.05) is 37.4 Å². The van der Waals surface area contributed by atoms with E-state index in [0.717, 1.165) is 31.4 Å². The van der Waals surface area contributed by atoms with Crippen LogP contribution in [0.2, 0.25) is 0 Å². The summed E-state index contributed by atoms with van der Waals surface area (Å²) >= 11 is 0. The molecule has 0 amide bonds. The fourth-order valence-electron chi connectivity index (χ4n) is 2.98. The first-order valence-corrected chi connectivity index (χ1v) is 7.03. The van der Waals surface area contributed by atoms with Crippen molar-refractivity contribution < 1.29 is 9.90 Å². The molecule has 0 heterocycles. The predicted molar refractivity (Wildman–Crippen MR) is 77.4 cm³/mol. The van der Waals surface area contributed by atoms with E-state index < -0.39 is 11.4 Å². The summed E-state index contributed by atoms with van der Waals surface area (Å²) in [5.74, 6) is 0.0247. The van der Waals surface area contributed by atoms with E-state index in [1.54, 1.807) is 0 Å². The van der Waals surface area contributed by atoms with Gasteiger partial charge in [0.25, 0.3) is 0 Å². The number of rotatable bonds is 4. The molecule has 1 aromatic carbocycles. The predicted octanol–water partition coefficient (Wildman–Crippen LogP) is 3.40. The molecule has 0 unspecified atom stereocenters. The molecule has 2 rings (SSSR count). The minimum Gasteiger partial charge on any atom is -0.481 e. The maximum Gasteiger partial charge on any atom is 0.311 e. The first-order chi connectivity index (χ1) is 9.03. The van der Waals surface area contributed by atoms with Crippen LogP contribution in [-0.2, 0) is 4.79 Å². The minimum atomic E-state index is -0.637. The van der Waals surface area contributed by atoms with E-state index in [9.17, 15) is 9.90 Å². The number of aliphatic carboxylic acids is 1. The molecule has 3 heteroatoms. The van der Waals surface area contributed by atoms with Crippen LogP contribution in [0.4, 0.5) is 5.69 Å². The van der Waals surface area contributed by atoms with Crippen molar-refractivity contribution in [3.8, 4) is 0 Å². The van der Waals surface area contributed by atoms with E-state index in [4.69, 9.17) is 0 Å². The highest BCUT2D eigenvalue weighted by Gasteiger charge is 2.42. The van der Waals surface area contributed by atoms with Gasteiger partial charge in [0, 0.05) is 19.3 Å². The molecular weight excluding hydrogens is 238 g/mol. The quantitative estimate of drug-likeness (QED) is 0.903. The van der Waals surface area contributed by atoms with Crippen LogP contribution in [0.25, 0.3) is 0 Å². The van der Waals surface area contributed by atoms with Crippen molar-refractivity contribution >= 4 is 11.7 Å². The number of para-hydroxylation sites is 1. The van der Waals surface area contributed by atoms with Crippen LogP contribution in [-0.4, -0.2) is 24.7 Å². The summed E-state index contributed by atoms with van der Waals surface area (Å²) in [5.41, 5.74) is 0.513. The van der Waals surface area contributed by atoms with E-state index in [0.29, 0.717) is 12.5 Å². The van der Waals surface area contributed by atoms with Crippen molar-refractivity contribution in [1.82, 2.24) is 0 Å². The number of benzene rings is 1. The lowest BCUT2D eigenvalue weighted by atomic mass is 9.70. The number of hydrogen-bond donors (Lipinski definition) is 1. The Bertz CT molecular complexity index is 422. The summed E-state index contributed by atoms with van der Waals surface area (Å²) in [7, 11) is 1.98. The van der Waals surface area contributed by atoms with Gasteiger partial charge >= 0.3 is 5.97 Å². The zero-order valence-electron chi connectivity index (χ0n) is 11.8. The second-order valence-electron chi connectivity index (χ2n) is 5.96. The second kappa shape index (κ2) is 5.64. The van der Waals surface area contributed by atoms with Crippen LogP contribution in [0, 0.1) is 11.3 Å². The molecule has 0 saturated heterocycles. The average molecular weight is 261 g/mol. The average Bonchev–Trinajstić information content (AvgIpc) is 2.42. The molecule has 0 radical (unpaired) electrons. The molecule has 19 heavy (non-hydrogen) atoms. The topological polar surface area (TPSA) is 40.5 Å². The maximum absolute atomic E-state index is 11.7. The van der Waals surface area contributed by atoms with Gasteiger partial charge in [0.05, 0.1) is 5.41 Å². The first-order valence-electron chi connectivity index (χ1n) is 7.03. The van der Waals surface area contributed by atoms with Gasteiger partial charge in [-0.05, 0) is 43.7 Å². The third-order valence-corrected chi connectivity index (χ3v) is 4.42. The number of hydrogen-bond acceptors (Lipinski definition) is 2. The van der Waals surface area contributed by atoms with Crippen molar-refractivity contribution in [2.24, 2.45) is 11.3 Å². The molecule has 1 saturated carbocycles. The highest BCUT2D eigenvalue weighted by Crippen LogP contribution is 2.40. The highest BCUT2D eigenvalue weighted by atomic mass is 16.4. The fraction of sp³-hybridized carbons (Fsp3) is 0.562. The van der Waals surface area contributed by atoms with Crippen LogP contribution < -0.4 is 4.90 Å². The van der Waals surface area contributed by atoms with E-state index >= 15 is 0 Å². The van der Waals surface area contributed by atoms with Crippen molar-refractivity contribution in [3.63, 3.8) is 0 Å². The number of anilines is 1. The van der Waals surface area contributed by atoms with Gasteiger partial charge in [0.2, 0.25) is 0 Å². The largest absolute Gasteiger partial charge is 0.481 e. The molecule has 3 nitrogen and oxygen atoms in total. The Hall–Kier alpha value is -1.51. The summed E-state index contributed by atoms with van der Waals surface area (Å²) < 4.78 is 0. The molecule has 1 fully saturated rings. The number of carboxylic acid groups (broad SMARTS) is 1.